The van der Waals surface area contributed by atoms with Crippen molar-refractivity contribution in [3.05, 3.63) is 41.2 Å². The Labute approximate surface area is 153 Å². The Bertz CT molecular complexity index is 771. The first kappa shape index (κ1) is 17.1. The van der Waals surface area contributed by atoms with Crippen LogP contribution in [0.4, 0.5) is 0 Å². The maximum atomic E-state index is 12.6. The van der Waals surface area contributed by atoms with E-state index in [0.29, 0.717) is 29.1 Å². The molecule has 26 heavy (non-hydrogen) atoms. The average molecular weight is 355 g/mol. The molecular formula is C20H25N3O3. The molecule has 0 aliphatic heterocycles. The van der Waals surface area contributed by atoms with E-state index in [1.807, 2.05) is 12.1 Å². The van der Waals surface area contributed by atoms with Crippen molar-refractivity contribution < 1.29 is 14.2 Å². The highest BCUT2D eigenvalue weighted by molar-refractivity contribution is 5.79. The average Bonchev–Trinajstić information content (AvgIpc) is 3.05. The SMILES string of the molecule is COc1ccc([C@H]2[C@H]3CCCC[C@H]3[C@@H]2NC(=O)Cc2nonc2C)cc1. The molecule has 2 aromatic rings. The van der Waals surface area contributed by atoms with Gasteiger partial charge in [-0.05, 0) is 49.3 Å². The Morgan fingerprint density at radius 1 is 1.19 bits per heavy atom. The largest absolute Gasteiger partial charge is 0.497 e. The van der Waals surface area contributed by atoms with Gasteiger partial charge in [-0.1, -0.05) is 35.3 Å². The molecule has 6 nitrogen and oxygen atoms in total. The monoisotopic (exact) mass is 355 g/mol. The lowest BCUT2D eigenvalue weighted by molar-refractivity contribution is -0.124. The van der Waals surface area contributed by atoms with Crippen molar-refractivity contribution in [3.63, 3.8) is 0 Å². The fourth-order valence-corrected chi connectivity index (χ4v) is 4.74. The quantitative estimate of drug-likeness (QED) is 0.892. The number of amides is 1. The second-order valence-corrected chi connectivity index (χ2v) is 7.48. The summed E-state index contributed by atoms with van der Waals surface area (Å²) in [7, 11) is 1.68. The molecule has 4 rings (SSSR count). The molecule has 0 bridgehead atoms. The van der Waals surface area contributed by atoms with Crippen molar-refractivity contribution in [2.45, 2.75) is 51.0 Å². The molecule has 2 aliphatic rings. The summed E-state index contributed by atoms with van der Waals surface area (Å²) >= 11 is 0. The van der Waals surface area contributed by atoms with Gasteiger partial charge in [0.2, 0.25) is 5.91 Å². The number of nitrogens with one attached hydrogen (secondary N) is 1. The van der Waals surface area contributed by atoms with E-state index in [4.69, 9.17) is 9.37 Å². The van der Waals surface area contributed by atoms with Gasteiger partial charge in [-0.3, -0.25) is 4.79 Å². The van der Waals surface area contributed by atoms with E-state index in [9.17, 15) is 4.79 Å². The van der Waals surface area contributed by atoms with Gasteiger partial charge in [0.1, 0.15) is 17.1 Å². The van der Waals surface area contributed by atoms with Crippen LogP contribution >= 0.6 is 0 Å². The number of hydrogen-bond donors (Lipinski definition) is 1. The molecule has 0 unspecified atom stereocenters. The minimum Gasteiger partial charge on any atom is -0.497 e. The number of fused-ring (bicyclic) bond motifs is 1. The Hall–Kier alpha value is -2.37. The lowest BCUT2D eigenvalue weighted by Crippen LogP contribution is -2.59. The van der Waals surface area contributed by atoms with E-state index >= 15 is 0 Å². The Balaban J connectivity index is 1.49. The van der Waals surface area contributed by atoms with Crippen molar-refractivity contribution in [3.8, 4) is 5.75 Å². The van der Waals surface area contributed by atoms with Crippen LogP contribution in [0.15, 0.2) is 28.9 Å². The molecular weight excluding hydrogens is 330 g/mol. The fraction of sp³-hybridized carbons (Fsp3) is 0.550. The summed E-state index contributed by atoms with van der Waals surface area (Å²) < 4.78 is 9.97. The zero-order valence-corrected chi connectivity index (χ0v) is 15.3. The van der Waals surface area contributed by atoms with Crippen LogP contribution in [0, 0.1) is 18.8 Å². The number of rotatable bonds is 5. The van der Waals surface area contributed by atoms with E-state index in [1.54, 1.807) is 14.0 Å². The summed E-state index contributed by atoms with van der Waals surface area (Å²) in [4.78, 5) is 12.6. The highest BCUT2D eigenvalue weighted by Gasteiger charge is 2.51. The molecule has 6 heteroatoms. The van der Waals surface area contributed by atoms with Gasteiger partial charge in [-0.2, -0.15) is 0 Å². The normalized spacial score (nSPS) is 27.3. The van der Waals surface area contributed by atoms with Gasteiger partial charge in [0, 0.05) is 12.0 Å². The fourth-order valence-electron chi connectivity index (χ4n) is 4.74. The second kappa shape index (κ2) is 7.09. The summed E-state index contributed by atoms with van der Waals surface area (Å²) in [5, 5.41) is 10.9. The smallest absolute Gasteiger partial charge is 0.226 e. The minimum atomic E-state index is -0.00339. The van der Waals surface area contributed by atoms with Crippen LogP contribution in [0.25, 0.3) is 0 Å². The van der Waals surface area contributed by atoms with E-state index < -0.39 is 0 Å². The van der Waals surface area contributed by atoms with Crippen LogP contribution in [0.5, 0.6) is 5.75 Å². The number of benzene rings is 1. The Morgan fingerprint density at radius 2 is 1.92 bits per heavy atom. The molecule has 1 N–H and O–H groups in total. The number of nitrogens with zero attached hydrogens (tertiary/aromatic N) is 2. The molecule has 1 amide bonds. The third kappa shape index (κ3) is 3.08. The summed E-state index contributed by atoms with van der Waals surface area (Å²) in [6.07, 6.45) is 5.22. The zero-order valence-electron chi connectivity index (χ0n) is 15.3. The summed E-state index contributed by atoms with van der Waals surface area (Å²) in [6, 6.07) is 8.49. The molecule has 0 radical (unpaired) electrons. The number of aryl methyl sites for hydroxylation is 1. The highest BCUT2D eigenvalue weighted by Crippen LogP contribution is 2.54. The van der Waals surface area contributed by atoms with Gasteiger partial charge in [-0.25, -0.2) is 4.63 Å². The predicted octanol–water partition coefficient (Wildman–Crippen LogP) is 3.02. The van der Waals surface area contributed by atoms with Crippen molar-refractivity contribution in [1.29, 1.82) is 0 Å². The van der Waals surface area contributed by atoms with Gasteiger partial charge in [-0.15, -0.1) is 0 Å². The van der Waals surface area contributed by atoms with E-state index in [2.05, 4.69) is 27.8 Å². The topological polar surface area (TPSA) is 77.2 Å². The molecule has 0 saturated heterocycles. The molecule has 138 valence electrons. The van der Waals surface area contributed by atoms with E-state index in [0.717, 1.165) is 5.75 Å². The second-order valence-electron chi connectivity index (χ2n) is 7.48. The molecule has 2 saturated carbocycles. The maximum absolute atomic E-state index is 12.6. The van der Waals surface area contributed by atoms with E-state index in [-0.39, 0.29) is 18.4 Å². The van der Waals surface area contributed by atoms with Gasteiger partial charge >= 0.3 is 0 Å². The van der Waals surface area contributed by atoms with Gasteiger partial charge < -0.3 is 10.1 Å². The van der Waals surface area contributed by atoms with Crippen LogP contribution < -0.4 is 10.1 Å². The molecule has 0 spiro atoms. The van der Waals surface area contributed by atoms with Crippen molar-refractivity contribution >= 4 is 5.91 Å². The highest BCUT2D eigenvalue weighted by atomic mass is 16.6. The van der Waals surface area contributed by atoms with Gasteiger partial charge in [0.05, 0.1) is 13.5 Å². The van der Waals surface area contributed by atoms with Crippen molar-refractivity contribution in [1.82, 2.24) is 15.6 Å². The molecule has 1 aromatic carbocycles. The Morgan fingerprint density at radius 3 is 2.58 bits per heavy atom. The molecule has 4 atom stereocenters. The number of ether oxygens (including phenoxy) is 1. The summed E-state index contributed by atoms with van der Waals surface area (Å²) in [6.45, 7) is 1.81. The molecule has 2 fully saturated rings. The summed E-state index contributed by atoms with van der Waals surface area (Å²) in [5.74, 6) is 2.49. The molecule has 1 heterocycles. The lowest BCUT2D eigenvalue weighted by atomic mass is 9.53. The minimum absolute atomic E-state index is 0.00339. The third-order valence-corrected chi connectivity index (χ3v) is 6.09. The predicted molar refractivity (Wildman–Crippen MR) is 95.9 cm³/mol. The van der Waals surface area contributed by atoms with Crippen LogP contribution in [-0.4, -0.2) is 29.4 Å². The number of methoxy groups -OCH3 is 1. The summed E-state index contributed by atoms with van der Waals surface area (Å²) in [5.41, 5.74) is 2.58. The number of aromatic nitrogens is 2. The number of carbonyl (C=O) groups excluding carboxylic acids is 1. The lowest BCUT2D eigenvalue weighted by Gasteiger charge is -2.55. The number of hydrogen-bond acceptors (Lipinski definition) is 5. The standard InChI is InChI=1S/C20H25N3O3/c1-12-17(23-26-22-12)11-18(24)21-20-16-6-4-3-5-15(16)19(20)13-7-9-14(25-2)10-8-13/h7-10,15-16,19-20H,3-6,11H2,1-2H3,(H,21,24)/t15-,16+,19-,20-/m0/s1. The first-order valence-electron chi connectivity index (χ1n) is 9.38. The van der Waals surface area contributed by atoms with Crippen LogP contribution in [0.2, 0.25) is 0 Å². The van der Waals surface area contributed by atoms with Crippen LogP contribution in [0.1, 0.15) is 48.6 Å². The zero-order chi connectivity index (χ0) is 18.1. The number of carbonyl (C=O) groups is 1. The van der Waals surface area contributed by atoms with Crippen molar-refractivity contribution in [2.75, 3.05) is 7.11 Å². The first-order chi connectivity index (χ1) is 12.7. The molecule has 2 aliphatic carbocycles. The van der Waals surface area contributed by atoms with Gasteiger partial charge in [0.15, 0.2) is 0 Å². The van der Waals surface area contributed by atoms with E-state index in [1.165, 1.54) is 31.2 Å². The first-order valence-corrected chi connectivity index (χ1v) is 9.38. The Kier molecular flexibility index (Phi) is 4.66. The maximum Gasteiger partial charge on any atom is 0.226 e. The third-order valence-electron chi connectivity index (χ3n) is 6.09. The van der Waals surface area contributed by atoms with Crippen LogP contribution in [0.3, 0.4) is 0 Å². The molecule has 1 aromatic heterocycles. The van der Waals surface area contributed by atoms with Gasteiger partial charge in [0.25, 0.3) is 0 Å². The van der Waals surface area contributed by atoms with Crippen LogP contribution in [-0.2, 0) is 11.2 Å². The van der Waals surface area contributed by atoms with Crippen molar-refractivity contribution in [2.24, 2.45) is 11.8 Å².